The molecule has 1 aliphatic heterocycles. The molecule has 1 aromatic heterocycles. The van der Waals surface area contributed by atoms with E-state index in [0.717, 1.165) is 45.5 Å². The smallest absolute Gasteiger partial charge is 0.265 e. The zero-order chi connectivity index (χ0) is 19.7. The number of nitrogens with one attached hydrogen (secondary N) is 1. The number of aryl methyl sites for hydroxylation is 3. The summed E-state index contributed by atoms with van der Waals surface area (Å²) in [4.78, 5) is 17.1. The number of carbonyl (C=O) groups is 1. The molecule has 0 spiro atoms. The minimum absolute atomic E-state index is 0.177. The number of rotatable bonds is 5. The second-order valence-corrected chi connectivity index (χ2v) is 8.16. The first-order valence-electron chi connectivity index (χ1n) is 9.34. The van der Waals surface area contributed by atoms with Crippen molar-refractivity contribution < 1.29 is 9.53 Å². The number of anilines is 1. The molecule has 0 bridgehead atoms. The maximum absolute atomic E-state index is 12.5. The van der Waals surface area contributed by atoms with E-state index in [1.54, 1.807) is 18.7 Å². The summed E-state index contributed by atoms with van der Waals surface area (Å²) in [7, 11) is 0. The zero-order valence-electron chi connectivity index (χ0n) is 16.2. The highest BCUT2D eigenvalue weighted by atomic mass is 32.2. The van der Waals surface area contributed by atoms with Gasteiger partial charge in [-0.1, -0.05) is 30.0 Å². The molecule has 0 fully saturated rings. The van der Waals surface area contributed by atoms with Gasteiger partial charge in [0, 0.05) is 29.7 Å². The minimum Gasteiger partial charge on any atom is -0.481 e. The first-order valence-corrected chi connectivity index (χ1v) is 10.3. The Morgan fingerprint density at radius 2 is 1.89 bits per heavy atom. The lowest BCUT2D eigenvalue weighted by Gasteiger charge is -2.16. The highest BCUT2D eigenvalue weighted by Crippen LogP contribution is 2.29. The number of benzene rings is 2. The van der Waals surface area contributed by atoms with Crippen LogP contribution in [0.5, 0.6) is 5.75 Å². The van der Waals surface area contributed by atoms with Crippen molar-refractivity contribution in [3.63, 3.8) is 0 Å². The zero-order valence-corrected chi connectivity index (χ0v) is 17.0. The Hall–Kier alpha value is -2.73. The van der Waals surface area contributed by atoms with Crippen molar-refractivity contribution >= 4 is 23.4 Å². The Bertz CT molecular complexity index is 969. The second kappa shape index (κ2) is 7.72. The van der Waals surface area contributed by atoms with E-state index in [4.69, 9.17) is 4.74 Å². The third-order valence-corrected chi connectivity index (χ3v) is 5.60. The van der Waals surface area contributed by atoms with Gasteiger partial charge >= 0.3 is 0 Å². The van der Waals surface area contributed by atoms with Gasteiger partial charge in [0.1, 0.15) is 5.75 Å². The summed E-state index contributed by atoms with van der Waals surface area (Å²) in [5.74, 6) is 1.63. The summed E-state index contributed by atoms with van der Waals surface area (Å²) < 4.78 is 7.99. The van der Waals surface area contributed by atoms with E-state index in [1.807, 2.05) is 50.2 Å². The largest absolute Gasteiger partial charge is 0.481 e. The molecule has 3 aromatic rings. The average Bonchev–Trinajstić information content (AvgIpc) is 3.23. The molecule has 6 heteroatoms. The number of imidazole rings is 1. The fraction of sp³-hybridized carbons (Fsp3) is 0.273. The average molecular weight is 394 g/mol. The van der Waals surface area contributed by atoms with Crippen LogP contribution in [0.25, 0.3) is 11.3 Å². The molecule has 0 saturated carbocycles. The van der Waals surface area contributed by atoms with Gasteiger partial charge in [-0.3, -0.25) is 4.79 Å². The van der Waals surface area contributed by atoms with Crippen LogP contribution in [0, 0.1) is 13.8 Å². The first kappa shape index (κ1) is 18.6. The van der Waals surface area contributed by atoms with Crippen molar-refractivity contribution in [2.24, 2.45) is 0 Å². The molecule has 1 amide bonds. The molecule has 1 atom stereocenters. The van der Waals surface area contributed by atoms with E-state index in [-0.39, 0.29) is 5.91 Å². The predicted octanol–water partition coefficient (Wildman–Crippen LogP) is 4.68. The van der Waals surface area contributed by atoms with E-state index < -0.39 is 6.10 Å². The molecule has 0 radical (unpaired) electrons. The van der Waals surface area contributed by atoms with Crippen molar-refractivity contribution in [1.29, 1.82) is 0 Å². The van der Waals surface area contributed by atoms with E-state index in [9.17, 15) is 4.79 Å². The van der Waals surface area contributed by atoms with Crippen LogP contribution in [0.15, 0.2) is 53.8 Å². The van der Waals surface area contributed by atoms with Gasteiger partial charge in [-0.25, -0.2) is 4.98 Å². The number of fused-ring (bicyclic) bond motifs is 1. The number of carbonyl (C=O) groups excluding carboxylic acids is 1. The van der Waals surface area contributed by atoms with Crippen LogP contribution < -0.4 is 10.1 Å². The lowest BCUT2D eigenvalue weighted by molar-refractivity contribution is -0.122. The summed E-state index contributed by atoms with van der Waals surface area (Å²) in [6.07, 6.45) is 1.50. The van der Waals surface area contributed by atoms with E-state index >= 15 is 0 Å². The number of nitrogens with zero attached hydrogens (tertiary/aromatic N) is 2. The molecule has 5 nitrogen and oxygen atoms in total. The molecular weight excluding hydrogens is 370 g/mol. The predicted molar refractivity (Wildman–Crippen MR) is 113 cm³/mol. The van der Waals surface area contributed by atoms with Crippen LogP contribution in [-0.2, 0) is 11.3 Å². The van der Waals surface area contributed by atoms with Gasteiger partial charge < -0.3 is 14.6 Å². The van der Waals surface area contributed by atoms with Crippen LogP contribution in [0.1, 0.15) is 18.1 Å². The maximum atomic E-state index is 12.5. The first-order chi connectivity index (χ1) is 13.5. The molecular formula is C22H23N3O2S. The fourth-order valence-electron chi connectivity index (χ4n) is 3.28. The van der Waals surface area contributed by atoms with Crippen molar-refractivity contribution in [1.82, 2.24) is 9.55 Å². The van der Waals surface area contributed by atoms with Crippen molar-refractivity contribution in [3.05, 3.63) is 59.8 Å². The number of hydrogen-bond donors (Lipinski definition) is 1. The van der Waals surface area contributed by atoms with Gasteiger partial charge in [0.2, 0.25) is 0 Å². The van der Waals surface area contributed by atoms with Gasteiger partial charge in [-0.2, -0.15) is 0 Å². The van der Waals surface area contributed by atoms with Gasteiger partial charge in [0.05, 0.1) is 5.69 Å². The molecule has 1 unspecified atom stereocenters. The quantitative estimate of drug-likeness (QED) is 0.684. The maximum Gasteiger partial charge on any atom is 0.265 e. The Morgan fingerprint density at radius 3 is 2.57 bits per heavy atom. The van der Waals surface area contributed by atoms with E-state index in [1.165, 1.54) is 0 Å². The van der Waals surface area contributed by atoms with Gasteiger partial charge in [-0.15, -0.1) is 0 Å². The van der Waals surface area contributed by atoms with E-state index in [2.05, 4.69) is 27.1 Å². The molecule has 1 N–H and O–H groups in total. The summed E-state index contributed by atoms with van der Waals surface area (Å²) in [6, 6.07) is 13.7. The van der Waals surface area contributed by atoms with Gasteiger partial charge in [-0.05, 0) is 56.2 Å². The summed E-state index contributed by atoms with van der Waals surface area (Å²) in [5.41, 5.74) is 4.97. The highest BCUT2D eigenvalue weighted by Gasteiger charge is 2.17. The van der Waals surface area contributed by atoms with Crippen LogP contribution in [-0.4, -0.2) is 27.3 Å². The fourth-order valence-corrected chi connectivity index (χ4v) is 4.22. The summed E-state index contributed by atoms with van der Waals surface area (Å²) in [6.45, 7) is 6.80. The summed E-state index contributed by atoms with van der Waals surface area (Å²) >= 11 is 1.78. The second-order valence-electron chi connectivity index (χ2n) is 7.10. The monoisotopic (exact) mass is 393 g/mol. The van der Waals surface area contributed by atoms with Crippen LogP contribution in [0.4, 0.5) is 5.69 Å². The molecule has 144 valence electrons. The van der Waals surface area contributed by atoms with Crippen molar-refractivity contribution in [2.45, 2.75) is 38.6 Å². The van der Waals surface area contributed by atoms with Gasteiger partial charge in [0.15, 0.2) is 11.3 Å². The van der Waals surface area contributed by atoms with Gasteiger partial charge in [0.25, 0.3) is 5.91 Å². The third kappa shape index (κ3) is 4.07. The number of hydrogen-bond acceptors (Lipinski definition) is 4. The molecule has 0 aliphatic carbocycles. The van der Waals surface area contributed by atoms with Crippen LogP contribution in [0.2, 0.25) is 0 Å². The number of amides is 1. The molecule has 2 aromatic carbocycles. The molecule has 28 heavy (non-hydrogen) atoms. The van der Waals surface area contributed by atoms with Crippen molar-refractivity contribution in [3.8, 4) is 17.0 Å². The number of thioether (sulfide) groups is 1. The normalized spacial score (nSPS) is 13.8. The van der Waals surface area contributed by atoms with Crippen molar-refractivity contribution in [2.75, 3.05) is 11.1 Å². The highest BCUT2D eigenvalue weighted by molar-refractivity contribution is 7.99. The number of ether oxygens (including phenoxy) is 1. The van der Waals surface area contributed by atoms with Crippen LogP contribution in [0.3, 0.4) is 0 Å². The number of aromatic nitrogens is 2. The van der Waals surface area contributed by atoms with Crippen LogP contribution >= 0.6 is 11.8 Å². The molecule has 4 rings (SSSR count). The third-order valence-electron chi connectivity index (χ3n) is 4.63. The Labute approximate surface area is 169 Å². The summed E-state index contributed by atoms with van der Waals surface area (Å²) in [5, 5.41) is 3.99. The topological polar surface area (TPSA) is 56.1 Å². The SMILES string of the molecule is Cc1cc(C)cc(OC(C)C(=O)Nc2ccc(-c3cn4c(n3)SCC4)cc2)c1. The Kier molecular flexibility index (Phi) is 5.13. The van der Waals surface area contributed by atoms with E-state index in [0.29, 0.717) is 5.75 Å². The Morgan fingerprint density at radius 1 is 1.18 bits per heavy atom. The molecule has 1 aliphatic rings. The Balaban J connectivity index is 1.39. The lowest BCUT2D eigenvalue weighted by Crippen LogP contribution is -2.30. The molecule has 2 heterocycles. The lowest BCUT2D eigenvalue weighted by atomic mass is 10.1. The standard InChI is InChI=1S/C22H23N3O2S/c1-14-10-15(2)12-19(11-14)27-16(3)21(26)23-18-6-4-17(5-7-18)20-13-25-8-9-28-22(25)24-20/h4-7,10-13,16H,8-9H2,1-3H3,(H,23,26). The minimum atomic E-state index is -0.589. The molecule has 0 saturated heterocycles.